The molecule has 0 saturated heterocycles. The summed E-state index contributed by atoms with van der Waals surface area (Å²) in [6.45, 7) is 25.5. The highest BCUT2D eigenvalue weighted by molar-refractivity contribution is 5.83. The maximum atomic E-state index is 12.2. The molecule has 1 N–H and O–H groups in total. The fraction of sp³-hybridized carbons (Fsp3) is 0.531. The first-order valence-electron chi connectivity index (χ1n) is 13.0. The highest BCUT2D eigenvalue weighted by Gasteiger charge is 2.31. The van der Waals surface area contributed by atoms with Gasteiger partial charge in [0.2, 0.25) is 0 Å². The van der Waals surface area contributed by atoms with Crippen molar-refractivity contribution in [3.63, 3.8) is 0 Å². The van der Waals surface area contributed by atoms with Crippen LogP contribution < -0.4 is 4.74 Å². The number of phenols is 1. The summed E-state index contributed by atoms with van der Waals surface area (Å²) in [6.07, 6.45) is 4.06. The van der Waals surface area contributed by atoms with E-state index in [4.69, 9.17) is 4.74 Å². The van der Waals surface area contributed by atoms with Crippen LogP contribution in [0.2, 0.25) is 0 Å². The number of carbonyl (C=O) groups excluding carboxylic acids is 1. The van der Waals surface area contributed by atoms with Crippen LogP contribution in [-0.2, 0) is 21.0 Å². The van der Waals surface area contributed by atoms with E-state index in [-0.39, 0.29) is 22.2 Å². The highest BCUT2D eigenvalue weighted by atomic mass is 16.5. The van der Waals surface area contributed by atoms with E-state index in [9.17, 15) is 9.90 Å². The Kier molecular flexibility index (Phi) is 8.69. The summed E-state index contributed by atoms with van der Waals surface area (Å²) in [6, 6.07) is 10.4. The molecule has 0 amide bonds. The molecule has 35 heavy (non-hydrogen) atoms. The van der Waals surface area contributed by atoms with Gasteiger partial charge in [0.15, 0.2) is 0 Å². The maximum absolute atomic E-state index is 12.2. The number of ether oxygens (including phenoxy) is 1. The Bertz CT molecular complexity index is 1070. The SMILES string of the molecule is C=CC(=O)Oc1ccc(C(C)(C)CC)cc1C(C)c1cc(C(C)(C)CC)cc(C(C)(C)CC)c1O. The van der Waals surface area contributed by atoms with E-state index in [1.807, 2.05) is 12.1 Å². The minimum Gasteiger partial charge on any atom is -0.507 e. The van der Waals surface area contributed by atoms with Crippen LogP contribution in [-0.4, -0.2) is 11.1 Å². The molecule has 3 heteroatoms. The van der Waals surface area contributed by atoms with Crippen molar-refractivity contribution in [3.8, 4) is 11.5 Å². The smallest absolute Gasteiger partial charge is 0.335 e. The molecule has 0 saturated carbocycles. The second-order valence-corrected chi connectivity index (χ2v) is 11.8. The lowest BCUT2D eigenvalue weighted by molar-refractivity contribution is -0.129. The monoisotopic (exact) mass is 478 g/mol. The van der Waals surface area contributed by atoms with Crippen molar-refractivity contribution in [2.75, 3.05) is 0 Å². The van der Waals surface area contributed by atoms with Crippen LogP contribution in [0.3, 0.4) is 0 Å². The van der Waals surface area contributed by atoms with Crippen LogP contribution in [0.15, 0.2) is 43.0 Å². The molecular weight excluding hydrogens is 432 g/mol. The summed E-state index contributed by atoms with van der Waals surface area (Å²) in [4.78, 5) is 12.2. The third-order valence-electron chi connectivity index (χ3n) is 8.40. The Morgan fingerprint density at radius 1 is 0.886 bits per heavy atom. The van der Waals surface area contributed by atoms with Crippen LogP contribution >= 0.6 is 0 Å². The summed E-state index contributed by atoms with van der Waals surface area (Å²) in [5.41, 5.74) is 4.87. The van der Waals surface area contributed by atoms with Gasteiger partial charge in [-0.25, -0.2) is 4.79 Å². The average Bonchev–Trinajstić information content (AvgIpc) is 2.83. The molecule has 2 rings (SSSR count). The molecule has 0 bridgehead atoms. The van der Waals surface area contributed by atoms with Gasteiger partial charge in [-0.05, 0) is 52.7 Å². The van der Waals surface area contributed by atoms with Crippen molar-refractivity contribution in [1.29, 1.82) is 0 Å². The van der Waals surface area contributed by atoms with E-state index in [1.54, 1.807) is 0 Å². The molecule has 0 fully saturated rings. The fourth-order valence-corrected chi connectivity index (χ4v) is 4.21. The molecule has 1 atom stereocenters. The summed E-state index contributed by atoms with van der Waals surface area (Å²) in [5.74, 6) is 0.170. The van der Waals surface area contributed by atoms with Gasteiger partial charge in [0.1, 0.15) is 11.5 Å². The third-order valence-corrected chi connectivity index (χ3v) is 8.40. The summed E-state index contributed by atoms with van der Waals surface area (Å²) >= 11 is 0. The van der Waals surface area contributed by atoms with Crippen molar-refractivity contribution in [2.45, 2.75) is 111 Å². The molecule has 0 radical (unpaired) electrons. The second-order valence-electron chi connectivity index (χ2n) is 11.8. The summed E-state index contributed by atoms with van der Waals surface area (Å²) in [7, 11) is 0. The van der Waals surface area contributed by atoms with Gasteiger partial charge in [0.25, 0.3) is 0 Å². The zero-order valence-corrected chi connectivity index (χ0v) is 23.6. The molecule has 1 unspecified atom stereocenters. The molecular formula is C32H46O3. The van der Waals surface area contributed by atoms with Crippen LogP contribution in [0.4, 0.5) is 0 Å². The maximum Gasteiger partial charge on any atom is 0.335 e. The topological polar surface area (TPSA) is 46.5 Å². The van der Waals surface area contributed by atoms with Crippen LogP contribution in [0, 0.1) is 0 Å². The number of hydrogen-bond acceptors (Lipinski definition) is 3. The molecule has 0 spiro atoms. The van der Waals surface area contributed by atoms with Crippen molar-refractivity contribution in [3.05, 3.63) is 70.8 Å². The predicted octanol–water partition coefficient (Wildman–Crippen LogP) is 8.70. The molecule has 3 nitrogen and oxygen atoms in total. The van der Waals surface area contributed by atoms with Gasteiger partial charge >= 0.3 is 5.97 Å². The second kappa shape index (κ2) is 10.6. The third kappa shape index (κ3) is 6.00. The zero-order chi connectivity index (χ0) is 26.8. The predicted molar refractivity (Wildman–Crippen MR) is 148 cm³/mol. The summed E-state index contributed by atoms with van der Waals surface area (Å²) in [5, 5.41) is 11.6. The molecule has 0 aliphatic rings. The Morgan fingerprint density at radius 2 is 1.40 bits per heavy atom. The fourth-order valence-electron chi connectivity index (χ4n) is 4.21. The van der Waals surface area contributed by atoms with E-state index >= 15 is 0 Å². The van der Waals surface area contributed by atoms with Gasteiger partial charge in [-0.1, -0.05) is 100 Å². The number of benzene rings is 2. The Balaban J connectivity index is 2.86. The van der Waals surface area contributed by atoms with E-state index in [1.165, 1.54) is 17.2 Å². The lowest BCUT2D eigenvalue weighted by atomic mass is 9.73. The molecule has 2 aromatic carbocycles. The molecule has 0 aliphatic carbocycles. The molecule has 2 aromatic rings. The van der Waals surface area contributed by atoms with Gasteiger partial charge in [-0.2, -0.15) is 0 Å². The first-order valence-corrected chi connectivity index (χ1v) is 13.0. The minimum atomic E-state index is -0.487. The number of esters is 1. The largest absolute Gasteiger partial charge is 0.507 e. The van der Waals surface area contributed by atoms with Crippen molar-refractivity contribution in [2.24, 2.45) is 0 Å². The normalized spacial score (nSPS) is 13.4. The van der Waals surface area contributed by atoms with Crippen LogP contribution in [0.25, 0.3) is 0 Å². The Labute approximate surface area is 213 Å². The van der Waals surface area contributed by atoms with E-state index in [0.717, 1.165) is 36.0 Å². The van der Waals surface area contributed by atoms with Gasteiger partial charge in [-0.3, -0.25) is 0 Å². The van der Waals surface area contributed by atoms with E-state index < -0.39 is 5.97 Å². The first-order chi connectivity index (χ1) is 16.1. The molecule has 192 valence electrons. The van der Waals surface area contributed by atoms with Crippen molar-refractivity contribution >= 4 is 5.97 Å². The number of aromatic hydroxyl groups is 1. The van der Waals surface area contributed by atoms with Gasteiger partial charge in [-0.15, -0.1) is 0 Å². The lowest BCUT2D eigenvalue weighted by Gasteiger charge is -2.32. The van der Waals surface area contributed by atoms with Gasteiger partial charge in [0, 0.05) is 28.7 Å². The van der Waals surface area contributed by atoms with Gasteiger partial charge < -0.3 is 9.84 Å². The standard InChI is InChI=1S/C32H46O3/c1-12-28(33)35-27-17-16-22(30(6,7)13-2)18-24(27)21(5)25-19-23(31(8,9)14-3)20-26(29(25)34)32(10,11)15-4/h12,16-21,34H,1,13-15H2,2-11H3. The van der Waals surface area contributed by atoms with Crippen LogP contribution in [0.1, 0.15) is 122 Å². The number of rotatable bonds is 10. The Hall–Kier alpha value is -2.55. The quantitative estimate of drug-likeness (QED) is 0.211. The number of carbonyl (C=O) groups is 1. The van der Waals surface area contributed by atoms with Crippen LogP contribution in [0.5, 0.6) is 11.5 Å². The number of phenolic OH excluding ortho intramolecular Hbond substituents is 1. The molecule has 0 aliphatic heterocycles. The van der Waals surface area contributed by atoms with Crippen molar-refractivity contribution < 1.29 is 14.6 Å². The van der Waals surface area contributed by atoms with E-state index in [0.29, 0.717) is 11.5 Å². The highest BCUT2D eigenvalue weighted by Crippen LogP contribution is 2.45. The zero-order valence-electron chi connectivity index (χ0n) is 23.6. The average molecular weight is 479 g/mol. The first kappa shape index (κ1) is 28.7. The lowest BCUT2D eigenvalue weighted by Crippen LogP contribution is -2.22. The Morgan fingerprint density at radius 3 is 1.91 bits per heavy atom. The number of hydrogen-bond donors (Lipinski definition) is 1. The van der Waals surface area contributed by atoms with Gasteiger partial charge in [0.05, 0.1) is 0 Å². The van der Waals surface area contributed by atoms with Crippen molar-refractivity contribution in [1.82, 2.24) is 0 Å². The molecule has 0 aromatic heterocycles. The van der Waals surface area contributed by atoms with E-state index in [2.05, 4.69) is 94.0 Å². The molecule has 0 heterocycles. The summed E-state index contributed by atoms with van der Waals surface area (Å²) < 4.78 is 5.68. The minimum absolute atomic E-state index is 0.0289.